The number of nitrogens with zero attached hydrogens (tertiary/aromatic N) is 2. The van der Waals surface area contributed by atoms with Crippen molar-refractivity contribution >= 4 is 0 Å². The summed E-state index contributed by atoms with van der Waals surface area (Å²) in [4.78, 5) is 5.93. The summed E-state index contributed by atoms with van der Waals surface area (Å²) in [5, 5.41) is 19.6. The molecule has 2 atom stereocenters. The zero-order valence-electron chi connectivity index (χ0n) is 11.6. The van der Waals surface area contributed by atoms with E-state index in [1.54, 1.807) is 7.11 Å². The molecule has 1 aromatic rings. The predicted molar refractivity (Wildman–Crippen MR) is 71.7 cm³/mol. The lowest BCUT2D eigenvalue weighted by atomic mass is 9.93. The Hall–Kier alpha value is -1.08. The van der Waals surface area contributed by atoms with E-state index in [2.05, 4.69) is 4.98 Å². The number of halogens is 1. The van der Waals surface area contributed by atoms with Crippen molar-refractivity contribution in [3.63, 3.8) is 0 Å². The summed E-state index contributed by atoms with van der Waals surface area (Å²) in [5.41, 5.74) is -0.0993. The number of piperidine rings is 1. The fraction of sp³-hybridized carbons (Fsp3) is 0.643. The molecule has 0 aliphatic carbocycles. The third kappa shape index (κ3) is 3.52. The Morgan fingerprint density at radius 3 is 2.95 bits per heavy atom. The number of hydrogen-bond acceptors (Lipinski definition) is 5. The number of likely N-dealkylation sites (tertiary alicyclic amines) is 1. The van der Waals surface area contributed by atoms with E-state index < -0.39 is 17.5 Å². The van der Waals surface area contributed by atoms with Gasteiger partial charge in [-0.05, 0) is 31.5 Å². The second-order valence-electron chi connectivity index (χ2n) is 5.30. The zero-order chi connectivity index (χ0) is 14.6. The lowest BCUT2D eigenvalue weighted by Crippen LogP contribution is -2.52. The van der Waals surface area contributed by atoms with E-state index in [1.807, 2.05) is 4.90 Å². The minimum atomic E-state index is -0.776. The van der Waals surface area contributed by atoms with Gasteiger partial charge in [-0.3, -0.25) is 9.88 Å². The maximum atomic E-state index is 12.8. The Kier molecular flexibility index (Phi) is 5.04. The van der Waals surface area contributed by atoms with Crippen LogP contribution >= 0.6 is 0 Å². The van der Waals surface area contributed by atoms with Gasteiger partial charge in [0, 0.05) is 20.2 Å². The highest BCUT2D eigenvalue weighted by atomic mass is 19.1. The molecule has 0 saturated carbocycles. The third-order valence-corrected chi connectivity index (χ3v) is 3.86. The molecule has 112 valence electrons. The summed E-state index contributed by atoms with van der Waals surface area (Å²) in [6.45, 7) is 1.76. The predicted octanol–water partition coefficient (Wildman–Crippen LogP) is 0.727. The minimum Gasteiger partial charge on any atom is -0.393 e. The van der Waals surface area contributed by atoms with Gasteiger partial charge in [0.15, 0.2) is 0 Å². The zero-order valence-corrected chi connectivity index (χ0v) is 11.6. The van der Waals surface area contributed by atoms with E-state index >= 15 is 0 Å². The van der Waals surface area contributed by atoms with Gasteiger partial charge in [0.1, 0.15) is 17.5 Å². The van der Waals surface area contributed by atoms with Gasteiger partial charge in [0.2, 0.25) is 0 Å². The quantitative estimate of drug-likeness (QED) is 0.834. The van der Waals surface area contributed by atoms with Gasteiger partial charge in [-0.2, -0.15) is 0 Å². The Morgan fingerprint density at radius 2 is 2.35 bits per heavy atom. The van der Waals surface area contributed by atoms with Crippen molar-refractivity contribution in [2.75, 3.05) is 33.4 Å². The van der Waals surface area contributed by atoms with Gasteiger partial charge in [0.25, 0.3) is 0 Å². The van der Waals surface area contributed by atoms with Crippen molar-refractivity contribution in [1.82, 2.24) is 9.88 Å². The van der Waals surface area contributed by atoms with Gasteiger partial charge in [0.05, 0.1) is 18.5 Å². The molecule has 20 heavy (non-hydrogen) atoms. The van der Waals surface area contributed by atoms with Crippen molar-refractivity contribution in [2.45, 2.75) is 24.5 Å². The fourth-order valence-corrected chi connectivity index (χ4v) is 2.63. The van der Waals surface area contributed by atoms with Crippen LogP contribution in [0.3, 0.4) is 0 Å². The van der Waals surface area contributed by atoms with Crippen molar-refractivity contribution in [3.8, 4) is 0 Å². The van der Waals surface area contributed by atoms with Crippen LogP contribution < -0.4 is 0 Å². The molecule has 2 rings (SSSR count). The molecule has 0 radical (unpaired) electrons. The molecule has 0 spiro atoms. The number of β-amino-alcohol motifs (C(OH)–C–C–N with tert-alkyl or cyclic N) is 1. The van der Waals surface area contributed by atoms with E-state index in [0.717, 1.165) is 25.6 Å². The molecular weight excluding hydrogens is 263 g/mol. The van der Waals surface area contributed by atoms with E-state index in [0.29, 0.717) is 18.8 Å². The maximum Gasteiger partial charge on any atom is 0.141 e. The molecule has 0 bridgehead atoms. The number of pyridine rings is 1. The molecule has 2 N–H and O–H groups in total. The fourth-order valence-electron chi connectivity index (χ4n) is 2.63. The van der Waals surface area contributed by atoms with Crippen LogP contribution in [0.15, 0.2) is 18.3 Å². The summed E-state index contributed by atoms with van der Waals surface area (Å²) < 4.78 is 18.2. The summed E-state index contributed by atoms with van der Waals surface area (Å²) >= 11 is 0. The summed E-state index contributed by atoms with van der Waals surface area (Å²) in [6, 6.07) is 2.77. The number of aliphatic hydroxyl groups excluding tert-OH is 2. The van der Waals surface area contributed by atoms with Crippen LogP contribution in [0.2, 0.25) is 0 Å². The van der Waals surface area contributed by atoms with Gasteiger partial charge in [-0.1, -0.05) is 0 Å². The lowest BCUT2D eigenvalue weighted by Gasteiger charge is -2.41. The number of ether oxygens (including phenoxy) is 1. The van der Waals surface area contributed by atoms with Crippen molar-refractivity contribution < 1.29 is 19.3 Å². The second kappa shape index (κ2) is 6.58. The Balaban J connectivity index is 1.97. The molecule has 0 amide bonds. The number of hydrogen-bond donors (Lipinski definition) is 2. The highest BCUT2D eigenvalue weighted by Gasteiger charge is 2.35. The molecule has 2 heterocycles. The molecule has 1 aliphatic rings. The van der Waals surface area contributed by atoms with E-state index in [9.17, 15) is 14.6 Å². The average Bonchev–Trinajstić information content (AvgIpc) is 2.48. The van der Waals surface area contributed by atoms with E-state index in [4.69, 9.17) is 4.74 Å². The monoisotopic (exact) mass is 284 g/mol. The van der Waals surface area contributed by atoms with Crippen LogP contribution in [0.1, 0.15) is 24.6 Å². The van der Waals surface area contributed by atoms with Crippen LogP contribution in [0.25, 0.3) is 0 Å². The molecule has 1 aliphatic heterocycles. The lowest BCUT2D eigenvalue weighted by molar-refractivity contribution is -0.1000. The van der Waals surface area contributed by atoms with Crippen LogP contribution in [0.4, 0.5) is 4.39 Å². The van der Waals surface area contributed by atoms with Crippen molar-refractivity contribution in [3.05, 3.63) is 29.8 Å². The highest BCUT2D eigenvalue weighted by Crippen LogP contribution is 2.25. The molecule has 1 fully saturated rings. The Bertz CT molecular complexity index is 423. The smallest absolute Gasteiger partial charge is 0.141 e. The first-order valence-electron chi connectivity index (χ1n) is 6.76. The van der Waals surface area contributed by atoms with E-state index in [1.165, 1.54) is 12.1 Å². The number of aliphatic hydroxyl groups is 2. The van der Waals surface area contributed by atoms with Crippen molar-refractivity contribution in [2.24, 2.45) is 0 Å². The van der Waals surface area contributed by atoms with Gasteiger partial charge < -0.3 is 14.9 Å². The summed E-state index contributed by atoms with van der Waals surface area (Å²) in [6.07, 6.45) is 2.03. The molecule has 5 nitrogen and oxygen atoms in total. The molecule has 1 aromatic heterocycles. The first kappa shape index (κ1) is 15.3. The molecule has 1 saturated heterocycles. The molecular formula is C14H21FN2O3. The molecule has 2 unspecified atom stereocenters. The largest absolute Gasteiger partial charge is 0.393 e. The Labute approximate surface area is 118 Å². The second-order valence-corrected chi connectivity index (χ2v) is 5.30. The summed E-state index contributed by atoms with van der Waals surface area (Å²) in [7, 11) is 1.59. The first-order chi connectivity index (χ1) is 9.58. The maximum absolute atomic E-state index is 12.8. The van der Waals surface area contributed by atoms with Gasteiger partial charge in [-0.15, -0.1) is 0 Å². The number of methoxy groups -OCH3 is 1. The topological polar surface area (TPSA) is 65.8 Å². The van der Waals surface area contributed by atoms with Crippen molar-refractivity contribution in [1.29, 1.82) is 0 Å². The summed E-state index contributed by atoms with van der Waals surface area (Å²) in [5.74, 6) is -0.419. The van der Waals surface area contributed by atoms with Gasteiger partial charge in [-0.25, -0.2) is 4.39 Å². The third-order valence-electron chi connectivity index (χ3n) is 3.86. The first-order valence-corrected chi connectivity index (χ1v) is 6.76. The number of aromatic nitrogens is 1. The molecule has 6 heteroatoms. The SMILES string of the molecule is COC1(CO)CCCN(CC(O)c2ccc(F)cn2)C1. The molecule has 0 aromatic carbocycles. The van der Waals surface area contributed by atoms with Gasteiger partial charge >= 0.3 is 0 Å². The highest BCUT2D eigenvalue weighted by molar-refractivity contribution is 5.08. The Morgan fingerprint density at radius 1 is 1.55 bits per heavy atom. The standard InChI is InChI=1S/C14H21FN2O3/c1-20-14(10-18)5-2-6-17(9-14)8-13(19)12-4-3-11(15)7-16-12/h3-4,7,13,18-19H,2,5-6,8-10H2,1H3. The van der Waals surface area contributed by atoms with E-state index in [-0.39, 0.29) is 6.61 Å². The van der Waals surface area contributed by atoms with Crippen LogP contribution in [0, 0.1) is 5.82 Å². The normalized spacial score (nSPS) is 25.6. The van der Waals surface area contributed by atoms with Crippen LogP contribution in [-0.2, 0) is 4.74 Å². The number of rotatable bonds is 5. The van der Waals surface area contributed by atoms with Crippen LogP contribution in [-0.4, -0.2) is 59.0 Å². The minimum absolute atomic E-state index is 0.0368. The van der Waals surface area contributed by atoms with Crippen LogP contribution in [0.5, 0.6) is 0 Å². The average molecular weight is 284 g/mol.